The van der Waals surface area contributed by atoms with E-state index in [1.807, 2.05) is 21.1 Å². The van der Waals surface area contributed by atoms with Crippen molar-refractivity contribution in [3.63, 3.8) is 0 Å². The van der Waals surface area contributed by atoms with Gasteiger partial charge in [0.1, 0.15) is 19.8 Å². The Labute approximate surface area is 422 Å². The van der Waals surface area contributed by atoms with E-state index in [0.717, 1.165) is 57.8 Å². The number of allylic oxidation sites excluding steroid dienone is 2. The summed E-state index contributed by atoms with van der Waals surface area (Å²) in [5.41, 5.74) is 0. The Morgan fingerprint density at radius 3 is 1.13 bits per heavy atom. The Hall–Kier alpha value is -1.25. The topological polar surface area (TPSA) is 108 Å². The second-order valence-corrected chi connectivity index (χ2v) is 22.8. The normalized spacial score (nSPS) is 13.3. The molecule has 10 heteroatoms. The van der Waals surface area contributed by atoms with Gasteiger partial charge in [-0.25, -0.2) is 4.57 Å². The second kappa shape index (κ2) is 50.7. The lowest BCUT2D eigenvalue weighted by molar-refractivity contribution is -0.870. The van der Waals surface area contributed by atoms with Crippen LogP contribution in [-0.2, 0) is 32.7 Å². The molecule has 9 nitrogen and oxygen atoms in total. The Morgan fingerprint density at radius 2 is 0.765 bits per heavy atom. The number of carbonyl (C=O) groups excluding carboxylic acids is 2. The molecule has 0 heterocycles. The Morgan fingerprint density at radius 1 is 0.441 bits per heavy atom. The van der Waals surface area contributed by atoms with Crippen molar-refractivity contribution >= 4 is 19.8 Å². The zero-order valence-electron chi connectivity index (χ0n) is 45.9. The molecule has 0 aliphatic heterocycles. The second-order valence-electron chi connectivity index (χ2n) is 21.4. The number of nitrogens with zero attached hydrogens (tertiary/aromatic N) is 1. The highest BCUT2D eigenvalue weighted by Crippen LogP contribution is 2.43. The van der Waals surface area contributed by atoms with E-state index < -0.39 is 26.5 Å². The molecular weight excluding hydrogens is 870 g/mol. The maximum absolute atomic E-state index is 12.7. The lowest BCUT2D eigenvalue weighted by Crippen LogP contribution is -2.37. The summed E-state index contributed by atoms with van der Waals surface area (Å²) in [6, 6.07) is 0. The van der Waals surface area contributed by atoms with Crippen LogP contribution < -0.4 is 0 Å². The minimum atomic E-state index is -4.38. The maximum Gasteiger partial charge on any atom is 0.472 e. The molecule has 0 saturated carbocycles. The SMILES string of the molecule is CCCC/C=C\CCCCCCCC(=O)OC(COC(=O)CCCCCCCCCCCCCCCCCCCCCCCCCCCCCCCCCCC)COP(=O)(O)OCC[N+](C)(C)C. The van der Waals surface area contributed by atoms with E-state index in [9.17, 15) is 19.0 Å². The van der Waals surface area contributed by atoms with Crippen molar-refractivity contribution in [2.75, 3.05) is 47.5 Å². The van der Waals surface area contributed by atoms with Gasteiger partial charge in [0.2, 0.25) is 0 Å². The summed E-state index contributed by atoms with van der Waals surface area (Å²) in [7, 11) is 1.49. The van der Waals surface area contributed by atoms with E-state index in [1.54, 1.807) is 0 Å². The third-order valence-corrected chi connectivity index (χ3v) is 14.3. The van der Waals surface area contributed by atoms with Gasteiger partial charge in [0, 0.05) is 12.8 Å². The molecule has 404 valence electrons. The van der Waals surface area contributed by atoms with Gasteiger partial charge in [-0.05, 0) is 32.1 Å². The molecule has 0 bridgehead atoms. The summed E-state index contributed by atoms with van der Waals surface area (Å²) in [4.78, 5) is 35.5. The fraction of sp³-hybridized carbons (Fsp3) is 0.931. The molecule has 0 fully saturated rings. The van der Waals surface area contributed by atoms with E-state index in [4.69, 9.17) is 18.5 Å². The quantitative estimate of drug-likeness (QED) is 0.0211. The van der Waals surface area contributed by atoms with Crippen LogP contribution in [0, 0.1) is 0 Å². The van der Waals surface area contributed by atoms with Gasteiger partial charge in [-0.3, -0.25) is 18.6 Å². The number of unbranched alkanes of at least 4 members (excludes halogenated alkanes) is 39. The lowest BCUT2D eigenvalue weighted by Gasteiger charge is -2.24. The summed E-state index contributed by atoms with van der Waals surface area (Å²) in [5, 5.41) is 0. The summed E-state index contributed by atoms with van der Waals surface area (Å²) in [6.45, 7) is 4.42. The first kappa shape index (κ1) is 66.8. The predicted octanol–water partition coefficient (Wildman–Crippen LogP) is 18.0. The summed E-state index contributed by atoms with van der Waals surface area (Å²) in [6.07, 6.45) is 58.9. The minimum Gasteiger partial charge on any atom is -0.462 e. The van der Waals surface area contributed by atoms with Crippen LogP contribution >= 0.6 is 7.82 Å². The lowest BCUT2D eigenvalue weighted by atomic mass is 10.0. The molecule has 2 atom stereocenters. The number of quaternary nitrogens is 1. The van der Waals surface area contributed by atoms with Crippen LogP contribution in [0.2, 0.25) is 0 Å². The fourth-order valence-corrected chi connectivity index (χ4v) is 9.45. The van der Waals surface area contributed by atoms with Crippen molar-refractivity contribution in [2.45, 2.75) is 302 Å². The van der Waals surface area contributed by atoms with E-state index in [1.165, 1.54) is 205 Å². The molecule has 0 spiro atoms. The van der Waals surface area contributed by atoms with E-state index in [2.05, 4.69) is 26.0 Å². The Bertz CT molecular complexity index is 1160. The first-order chi connectivity index (χ1) is 33.0. The van der Waals surface area contributed by atoms with E-state index in [-0.39, 0.29) is 25.6 Å². The molecule has 0 aromatic heterocycles. The molecule has 0 aromatic rings. The largest absolute Gasteiger partial charge is 0.472 e. The van der Waals surface area contributed by atoms with E-state index in [0.29, 0.717) is 23.9 Å². The molecule has 0 amide bonds. The predicted molar refractivity (Wildman–Crippen MR) is 289 cm³/mol. The molecule has 0 aromatic carbocycles. The number of carbonyl (C=O) groups is 2. The third kappa shape index (κ3) is 54.1. The van der Waals surface area contributed by atoms with Crippen LogP contribution in [0.3, 0.4) is 0 Å². The number of phosphoric ester groups is 1. The van der Waals surface area contributed by atoms with Crippen LogP contribution in [-0.4, -0.2) is 74.9 Å². The fourth-order valence-electron chi connectivity index (χ4n) is 8.71. The number of hydrogen-bond donors (Lipinski definition) is 1. The molecule has 0 saturated heterocycles. The highest BCUT2D eigenvalue weighted by molar-refractivity contribution is 7.47. The van der Waals surface area contributed by atoms with Crippen molar-refractivity contribution in [3.05, 3.63) is 12.2 Å². The van der Waals surface area contributed by atoms with Crippen LogP contribution in [0.1, 0.15) is 296 Å². The molecular formula is C58H115NO8P+. The number of likely N-dealkylation sites (N-methyl/N-ethyl adjacent to an activating group) is 1. The summed E-state index contributed by atoms with van der Waals surface area (Å²) < 4.78 is 34.4. The van der Waals surface area contributed by atoms with Gasteiger partial charge in [0.25, 0.3) is 0 Å². The first-order valence-corrected chi connectivity index (χ1v) is 30.9. The smallest absolute Gasteiger partial charge is 0.462 e. The average Bonchev–Trinajstić information content (AvgIpc) is 3.30. The van der Waals surface area contributed by atoms with Gasteiger partial charge in [-0.2, -0.15) is 0 Å². The highest BCUT2D eigenvalue weighted by Gasteiger charge is 2.27. The monoisotopic (exact) mass is 985 g/mol. The maximum atomic E-state index is 12.7. The van der Waals surface area contributed by atoms with Gasteiger partial charge in [-0.1, -0.05) is 264 Å². The molecule has 0 aliphatic carbocycles. The molecule has 0 aliphatic rings. The number of hydrogen-bond acceptors (Lipinski definition) is 7. The average molecular weight is 986 g/mol. The van der Waals surface area contributed by atoms with Crippen LogP contribution in [0.5, 0.6) is 0 Å². The van der Waals surface area contributed by atoms with Gasteiger partial charge in [0.05, 0.1) is 27.7 Å². The van der Waals surface area contributed by atoms with Crippen molar-refractivity contribution in [2.24, 2.45) is 0 Å². The Balaban J connectivity index is 3.88. The van der Waals surface area contributed by atoms with Gasteiger partial charge < -0.3 is 18.9 Å². The molecule has 0 radical (unpaired) electrons. The van der Waals surface area contributed by atoms with Crippen LogP contribution in [0.25, 0.3) is 0 Å². The molecule has 2 unspecified atom stereocenters. The van der Waals surface area contributed by atoms with Gasteiger partial charge in [-0.15, -0.1) is 0 Å². The third-order valence-electron chi connectivity index (χ3n) is 13.3. The van der Waals surface area contributed by atoms with Crippen LogP contribution in [0.4, 0.5) is 0 Å². The standard InChI is InChI=1S/C58H114NO8P/c1-6-8-10-12-14-16-18-19-20-21-22-23-24-25-26-27-28-29-30-31-32-33-34-35-36-37-38-39-41-42-44-46-48-50-57(60)64-54-56(55-66-68(62,63)65-53-52-59(3,4)5)67-58(61)51-49-47-45-43-40-17-15-13-11-9-7-2/h13,15,56H,6-12,14,16-55H2,1-5H3/p+1/b15-13-. The minimum absolute atomic E-state index is 0.0333. The number of rotatable bonds is 55. The zero-order chi connectivity index (χ0) is 49.9. The summed E-state index contributed by atoms with van der Waals surface area (Å²) >= 11 is 0. The molecule has 1 N–H and O–H groups in total. The van der Waals surface area contributed by atoms with Gasteiger partial charge in [0.15, 0.2) is 6.10 Å². The first-order valence-electron chi connectivity index (χ1n) is 29.4. The molecule has 0 rings (SSSR count). The molecule has 68 heavy (non-hydrogen) atoms. The van der Waals surface area contributed by atoms with Crippen molar-refractivity contribution in [1.82, 2.24) is 0 Å². The van der Waals surface area contributed by atoms with Crippen LogP contribution in [0.15, 0.2) is 12.2 Å². The highest BCUT2D eigenvalue weighted by atomic mass is 31.2. The number of esters is 2. The summed E-state index contributed by atoms with van der Waals surface area (Å²) in [5.74, 6) is -0.794. The van der Waals surface area contributed by atoms with E-state index >= 15 is 0 Å². The van der Waals surface area contributed by atoms with Gasteiger partial charge >= 0.3 is 19.8 Å². The van der Waals surface area contributed by atoms with Crippen molar-refractivity contribution in [3.8, 4) is 0 Å². The number of phosphoric acid groups is 1. The Kier molecular flexibility index (Phi) is 49.8. The van der Waals surface area contributed by atoms with Crippen molar-refractivity contribution < 1.29 is 42.1 Å². The number of ether oxygens (including phenoxy) is 2. The zero-order valence-corrected chi connectivity index (χ0v) is 46.8. The van der Waals surface area contributed by atoms with Crippen molar-refractivity contribution in [1.29, 1.82) is 0 Å².